The molecule has 7 heterocycles. The first-order valence-corrected chi connectivity index (χ1v) is 23.8. The van der Waals surface area contributed by atoms with Crippen LogP contribution in [0.2, 0.25) is 0 Å². The highest BCUT2D eigenvalue weighted by Gasteiger charge is 2.50. The molecule has 1 atom stereocenters. The van der Waals surface area contributed by atoms with Crippen molar-refractivity contribution in [2.24, 2.45) is 5.41 Å². The SMILES string of the molecule is CN/C=C(\C=N)c1cc2c(cc1C(F)F)N(C(=N)C1=C(NC3CCN(CCN4CCC5(CC4)CN(c4cccc6c4C(=O)N(C4CCC(=O)NC4=O)C6=O)C5)CC3)CCN(C(C)=O)C1)CCC2. The molecule has 4 fully saturated rings. The second-order valence-corrected chi connectivity index (χ2v) is 19.3. The lowest BCUT2D eigenvalue weighted by molar-refractivity contribution is -0.136. The van der Waals surface area contributed by atoms with Gasteiger partial charge in [-0.3, -0.25) is 39.6 Å². The predicted octanol–water partition coefficient (Wildman–Crippen LogP) is 4.13. The molecule has 2 aromatic rings. The molecule has 2 aromatic carbocycles. The molecule has 7 aliphatic heterocycles. The summed E-state index contributed by atoms with van der Waals surface area (Å²) in [6, 6.07) is 7.76. The molecule has 5 N–H and O–H groups in total. The Labute approximate surface area is 389 Å². The monoisotopic (exact) mass is 921 g/mol. The Morgan fingerprint density at radius 1 is 0.925 bits per heavy atom. The van der Waals surface area contributed by atoms with Crippen LogP contribution >= 0.6 is 0 Å². The lowest BCUT2D eigenvalue weighted by Gasteiger charge is -2.55. The molecule has 356 valence electrons. The largest absolute Gasteiger partial charge is 0.393 e. The van der Waals surface area contributed by atoms with Gasteiger partial charge in [-0.25, -0.2) is 8.78 Å². The number of carbonyl (C=O) groups is 5. The van der Waals surface area contributed by atoms with E-state index >= 15 is 0 Å². The third kappa shape index (κ3) is 8.97. The van der Waals surface area contributed by atoms with Crippen LogP contribution in [-0.2, 0) is 20.8 Å². The van der Waals surface area contributed by atoms with Gasteiger partial charge in [-0.15, -0.1) is 0 Å². The quantitative estimate of drug-likeness (QED) is 0.117. The normalized spacial score (nSPS) is 22.8. The molecule has 1 unspecified atom stereocenters. The third-order valence-corrected chi connectivity index (χ3v) is 15.2. The van der Waals surface area contributed by atoms with Gasteiger partial charge in [0.15, 0.2) is 0 Å². The number of piperidine rings is 3. The number of imide groups is 2. The summed E-state index contributed by atoms with van der Waals surface area (Å²) in [6.45, 7) is 10.3. The minimum Gasteiger partial charge on any atom is -0.393 e. The number of halogens is 2. The maximum atomic E-state index is 14.6. The molecule has 0 aromatic heterocycles. The van der Waals surface area contributed by atoms with Crippen LogP contribution in [0.3, 0.4) is 0 Å². The number of alkyl halides is 2. The number of rotatable bonds is 12. The Balaban J connectivity index is 0.779. The van der Waals surface area contributed by atoms with Crippen molar-refractivity contribution in [2.45, 2.75) is 83.2 Å². The second-order valence-electron chi connectivity index (χ2n) is 19.3. The fourth-order valence-electron chi connectivity index (χ4n) is 11.3. The van der Waals surface area contributed by atoms with Crippen molar-refractivity contribution in [3.05, 3.63) is 75.6 Å². The standard InChI is InChI=1S/C49H61F2N11O5/c1-30(63)59-18-12-38(37(27-59)45(53)61-15-4-5-31-23-35(32(25-52)26-54-2)36(44(50)51)24-41(31)61)55-33-10-16-57(17-11-33)21-22-58-19-13-49(14-20-58)28-60(29-49)39-7-3-6-34-43(39)48(67)62(47(34)66)40-8-9-42(64)56-46(40)65/h3,6-7,23-26,33,40,44,52-55H,4-5,8-22,27-29H2,1-2H3,(H,56,64,65)/b32-26+,52-25?,53-45?. The van der Waals surface area contributed by atoms with E-state index in [9.17, 15) is 38.2 Å². The van der Waals surface area contributed by atoms with Gasteiger partial charge in [0.25, 0.3) is 18.2 Å². The van der Waals surface area contributed by atoms with Gasteiger partial charge in [-0.1, -0.05) is 6.07 Å². The van der Waals surface area contributed by atoms with Crippen LogP contribution < -0.4 is 25.8 Å². The zero-order valence-electron chi connectivity index (χ0n) is 38.4. The first-order chi connectivity index (χ1) is 32.3. The van der Waals surface area contributed by atoms with Gasteiger partial charge in [0.2, 0.25) is 17.7 Å². The van der Waals surface area contributed by atoms with Gasteiger partial charge in [0.05, 0.1) is 23.4 Å². The minimum absolute atomic E-state index is 0.0662. The number of anilines is 2. The van der Waals surface area contributed by atoms with Gasteiger partial charge in [-0.2, -0.15) is 0 Å². The maximum absolute atomic E-state index is 14.6. The van der Waals surface area contributed by atoms with E-state index in [2.05, 4.69) is 30.7 Å². The highest BCUT2D eigenvalue weighted by atomic mass is 19.3. The molecule has 0 aliphatic carbocycles. The molecule has 1 spiro atoms. The maximum Gasteiger partial charge on any atom is 0.264 e. The van der Waals surface area contributed by atoms with Crippen LogP contribution in [0.1, 0.15) is 102 Å². The molecule has 4 saturated heterocycles. The van der Waals surface area contributed by atoms with Crippen LogP contribution in [0.15, 0.2) is 47.8 Å². The van der Waals surface area contributed by atoms with Crippen molar-refractivity contribution in [3.63, 3.8) is 0 Å². The summed E-state index contributed by atoms with van der Waals surface area (Å²) < 4.78 is 29.1. The van der Waals surface area contributed by atoms with Crippen LogP contribution in [-0.4, -0.2) is 152 Å². The van der Waals surface area contributed by atoms with Crippen molar-refractivity contribution >= 4 is 58.5 Å². The molecule has 16 nitrogen and oxygen atoms in total. The Morgan fingerprint density at radius 3 is 2.33 bits per heavy atom. The Hall–Kier alpha value is -6.01. The molecule has 7 aliphatic rings. The number of fused-ring (bicyclic) bond motifs is 2. The fraction of sp³-hybridized carbons (Fsp3) is 0.531. The van der Waals surface area contributed by atoms with Gasteiger partial charge in [0.1, 0.15) is 11.9 Å². The van der Waals surface area contributed by atoms with Gasteiger partial charge >= 0.3 is 0 Å². The first-order valence-electron chi connectivity index (χ1n) is 23.8. The van der Waals surface area contributed by atoms with Crippen molar-refractivity contribution in [1.82, 2.24) is 35.6 Å². The Morgan fingerprint density at radius 2 is 1.66 bits per heavy atom. The van der Waals surface area contributed by atoms with Crippen molar-refractivity contribution < 1.29 is 32.8 Å². The lowest BCUT2D eigenvalue weighted by atomic mass is 9.71. The summed E-state index contributed by atoms with van der Waals surface area (Å²) in [5.74, 6) is -1.81. The summed E-state index contributed by atoms with van der Waals surface area (Å²) in [6.07, 6.45) is 6.00. The summed E-state index contributed by atoms with van der Waals surface area (Å²) in [4.78, 5) is 75.9. The zero-order valence-corrected chi connectivity index (χ0v) is 38.4. The van der Waals surface area contributed by atoms with Crippen molar-refractivity contribution in [2.75, 3.05) is 88.8 Å². The van der Waals surface area contributed by atoms with E-state index < -0.39 is 36.1 Å². The van der Waals surface area contributed by atoms with Gasteiger partial charge in [-0.05, 0) is 93.4 Å². The molecular weight excluding hydrogens is 861 g/mol. The minimum atomic E-state index is -2.77. The number of benzene rings is 2. The van der Waals surface area contributed by atoms with Gasteiger partial charge in [0, 0.05) is 131 Å². The van der Waals surface area contributed by atoms with E-state index in [1.54, 1.807) is 36.3 Å². The van der Waals surface area contributed by atoms with E-state index in [-0.39, 0.29) is 48.1 Å². The first kappa shape index (κ1) is 46.1. The number of likely N-dealkylation sites (tertiary alicyclic amines) is 2. The topological polar surface area (TPSA) is 189 Å². The molecule has 0 radical (unpaired) electrons. The molecule has 18 heteroatoms. The predicted molar refractivity (Wildman–Crippen MR) is 251 cm³/mol. The molecule has 0 bridgehead atoms. The Bertz CT molecular complexity index is 2430. The van der Waals surface area contributed by atoms with Crippen LogP contribution in [0.25, 0.3) is 5.57 Å². The number of allylic oxidation sites excluding steroid dienone is 1. The van der Waals surface area contributed by atoms with E-state index in [1.165, 1.54) is 13.0 Å². The molecule has 0 saturated carbocycles. The third-order valence-electron chi connectivity index (χ3n) is 15.2. The average Bonchev–Trinajstić information content (AvgIpc) is 3.57. The molecule has 5 amide bonds. The van der Waals surface area contributed by atoms with Crippen molar-refractivity contribution in [3.8, 4) is 0 Å². The fourth-order valence-corrected chi connectivity index (χ4v) is 11.3. The average molecular weight is 922 g/mol. The van der Waals surface area contributed by atoms with Crippen LogP contribution in [0.4, 0.5) is 20.2 Å². The molecular formula is C49H61F2N11O5. The number of amidine groups is 1. The second kappa shape index (κ2) is 18.9. The van der Waals surface area contributed by atoms with Gasteiger partial charge < -0.3 is 40.5 Å². The number of hydrogen-bond acceptors (Lipinski definition) is 12. The Kier molecular flexibility index (Phi) is 13.0. The summed E-state index contributed by atoms with van der Waals surface area (Å²) in [5, 5.41) is 26.3. The number of nitrogens with zero attached hydrogens (tertiary/aromatic N) is 6. The van der Waals surface area contributed by atoms with Crippen LogP contribution in [0, 0.1) is 16.2 Å². The lowest BCUT2D eigenvalue weighted by Crippen LogP contribution is -2.61. The van der Waals surface area contributed by atoms with E-state index in [0.717, 1.165) is 118 Å². The van der Waals surface area contributed by atoms with Crippen LogP contribution in [0.5, 0.6) is 0 Å². The molecule has 9 rings (SSSR count). The van der Waals surface area contributed by atoms with Crippen molar-refractivity contribution in [1.29, 1.82) is 10.8 Å². The number of aryl methyl sites for hydroxylation is 1. The summed E-state index contributed by atoms with van der Waals surface area (Å²) in [5.41, 5.74) is 5.12. The summed E-state index contributed by atoms with van der Waals surface area (Å²) in [7, 11) is 1.67. The van der Waals surface area contributed by atoms with E-state index in [1.807, 2.05) is 11.0 Å². The zero-order chi connectivity index (χ0) is 47.1. The smallest absolute Gasteiger partial charge is 0.264 e. The van der Waals surface area contributed by atoms with E-state index in [4.69, 9.17) is 5.41 Å². The highest BCUT2D eigenvalue weighted by molar-refractivity contribution is 6.25. The number of nitrogens with one attached hydrogen (secondary N) is 5. The van der Waals surface area contributed by atoms with E-state index in [0.29, 0.717) is 53.9 Å². The number of hydrogen-bond donors (Lipinski definition) is 5. The number of amides is 5. The number of carbonyl (C=O) groups excluding carboxylic acids is 5. The molecule has 67 heavy (non-hydrogen) atoms. The highest BCUT2D eigenvalue weighted by Crippen LogP contribution is 2.45. The summed E-state index contributed by atoms with van der Waals surface area (Å²) >= 11 is 0.